The van der Waals surface area contributed by atoms with Crippen LogP contribution in [0.3, 0.4) is 0 Å². The number of nitrogen functional groups attached to an aromatic ring is 1. The maximum absolute atomic E-state index is 5.35. The number of anilines is 2. The molecule has 6 nitrogen and oxygen atoms in total. The highest BCUT2D eigenvalue weighted by atomic mass is 16.5. The zero-order chi connectivity index (χ0) is 12.0. The molecule has 0 unspecified atom stereocenters. The van der Waals surface area contributed by atoms with Crippen LogP contribution >= 0.6 is 0 Å². The van der Waals surface area contributed by atoms with Crippen LogP contribution in [0.5, 0.6) is 0 Å². The Morgan fingerprint density at radius 1 is 1.38 bits per heavy atom. The van der Waals surface area contributed by atoms with E-state index in [0.29, 0.717) is 19.0 Å². The first-order valence-corrected chi connectivity index (χ1v) is 5.25. The van der Waals surface area contributed by atoms with E-state index in [0.717, 1.165) is 11.6 Å². The highest BCUT2D eigenvalue weighted by Gasteiger charge is 2.06. The summed E-state index contributed by atoms with van der Waals surface area (Å²) in [6.45, 7) is 5.41. The minimum Gasteiger partial charge on any atom is -0.383 e. The second-order valence-corrected chi connectivity index (χ2v) is 3.72. The van der Waals surface area contributed by atoms with Gasteiger partial charge in [0.05, 0.1) is 6.61 Å². The zero-order valence-electron chi connectivity index (χ0n) is 9.95. The highest BCUT2D eigenvalue weighted by Crippen LogP contribution is 2.15. The summed E-state index contributed by atoms with van der Waals surface area (Å²) in [6.07, 6.45) is 0. The highest BCUT2D eigenvalue weighted by molar-refractivity contribution is 5.47. The number of rotatable bonds is 6. The summed E-state index contributed by atoms with van der Waals surface area (Å²) >= 11 is 0. The molecule has 0 aliphatic heterocycles. The summed E-state index contributed by atoms with van der Waals surface area (Å²) < 4.78 is 4.95. The van der Waals surface area contributed by atoms with Crippen LogP contribution in [-0.4, -0.2) is 30.2 Å². The van der Waals surface area contributed by atoms with Gasteiger partial charge in [0.25, 0.3) is 0 Å². The molecule has 1 aromatic heterocycles. The van der Waals surface area contributed by atoms with E-state index in [2.05, 4.69) is 20.7 Å². The summed E-state index contributed by atoms with van der Waals surface area (Å²) in [7, 11) is 1.66. The number of aromatic nitrogens is 2. The first-order valence-electron chi connectivity index (χ1n) is 5.25. The van der Waals surface area contributed by atoms with Crippen molar-refractivity contribution in [1.82, 2.24) is 9.97 Å². The predicted octanol–water partition coefficient (Wildman–Crippen LogP) is 0.944. The summed E-state index contributed by atoms with van der Waals surface area (Å²) in [6, 6.07) is 1.77. The molecule has 6 heteroatoms. The Bertz CT molecular complexity index is 329. The average Bonchev–Trinajstić information content (AvgIpc) is 2.29. The Hall–Kier alpha value is -1.40. The monoisotopic (exact) mass is 225 g/mol. The molecule has 0 amide bonds. The van der Waals surface area contributed by atoms with Gasteiger partial charge in [0, 0.05) is 25.6 Å². The third kappa shape index (κ3) is 3.63. The van der Waals surface area contributed by atoms with E-state index in [1.165, 1.54) is 0 Å². The van der Waals surface area contributed by atoms with Crippen molar-refractivity contribution in [1.29, 1.82) is 0 Å². The Morgan fingerprint density at radius 3 is 2.62 bits per heavy atom. The second kappa shape index (κ2) is 6.24. The minimum absolute atomic E-state index is 0.260. The van der Waals surface area contributed by atoms with Crippen molar-refractivity contribution in [2.75, 3.05) is 31.0 Å². The molecule has 4 N–H and O–H groups in total. The molecule has 0 radical (unpaired) electrons. The maximum Gasteiger partial charge on any atom is 0.145 e. The molecule has 16 heavy (non-hydrogen) atoms. The SMILES string of the molecule is COCCNc1cc(NN)nc(C(C)C)n1. The van der Waals surface area contributed by atoms with E-state index >= 15 is 0 Å². The van der Waals surface area contributed by atoms with Gasteiger partial charge in [-0.1, -0.05) is 13.8 Å². The lowest BCUT2D eigenvalue weighted by Crippen LogP contribution is -2.14. The van der Waals surface area contributed by atoms with Crippen LogP contribution in [0, 0.1) is 0 Å². The third-order valence-corrected chi connectivity index (χ3v) is 2.02. The van der Waals surface area contributed by atoms with Crippen LogP contribution < -0.4 is 16.6 Å². The summed E-state index contributed by atoms with van der Waals surface area (Å²) in [4.78, 5) is 8.64. The van der Waals surface area contributed by atoms with E-state index < -0.39 is 0 Å². The number of methoxy groups -OCH3 is 1. The normalized spacial score (nSPS) is 10.6. The largest absolute Gasteiger partial charge is 0.383 e. The van der Waals surface area contributed by atoms with Crippen LogP contribution in [0.15, 0.2) is 6.07 Å². The molecule has 0 saturated heterocycles. The number of hydrazine groups is 1. The molecule has 0 aromatic carbocycles. The van der Waals surface area contributed by atoms with Crippen molar-refractivity contribution in [3.05, 3.63) is 11.9 Å². The number of nitrogens with one attached hydrogen (secondary N) is 2. The molecule has 0 aliphatic rings. The van der Waals surface area contributed by atoms with Gasteiger partial charge in [-0.25, -0.2) is 15.8 Å². The molecule has 0 saturated carbocycles. The van der Waals surface area contributed by atoms with Gasteiger partial charge in [0.2, 0.25) is 0 Å². The fourth-order valence-electron chi connectivity index (χ4n) is 1.17. The lowest BCUT2D eigenvalue weighted by molar-refractivity contribution is 0.210. The fourth-order valence-corrected chi connectivity index (χ4v) is 1.17. The molecule has 0 spiro atoms. The van der Waals surface area contributed by atoms with Crippen molar-refractivity contribution in [2.24, 2.45) is 5.84 Å². The van der Waals surface area contributed by atoms with Gasteiger partial charge in [0.15, 0.2) is 0 Å². The molecule has 1 rings (SSSR count). The van der Waals surface area contributed by atoms with Crippen molar-refractivity contribution in [2.45, 2.75) is 19.8 Å². The maximum atomic E-state index is 5.35. The first kappa shape index (κ1) is 12.7. The molecule has 0 bridgehead atoms. The van der Waals surface area contributed by atoms with Gasteiger partial charge < -0.3 is 15.5 Å². The third-order valence-electron chi connectivity index (χ3n) is 2.02. The van der Waals surface area contributed by atoms with E-state index in [4.69, 9.17) is 10.6 Å². The Morgan fingerprint density at radius 2 is 2.06 bits per heavy atom. The van der Waals surface area contributed by atoms with Crippen LogP contribution in [-0.2, 0) is 4.74 Å². The molecule has 0 aliphatic carbocycles. The standard InChI is InChI=1S/C10H19N5O/c1-7(2)10-13-8(12-4-5-16-3)6-9(14-10)15-11/h6-7H,4-5,11H2,1-3H3,(H2,12,13,14,15). The van der Waals surface area contributed by atoms with Gasteiger partial charge in [-0.05, 0) is 0 Å². The van der Waals surface area contributed by atoms with Crippen molar-refractivity contribution in [3.63, 3.8) is 0 Å². The van der Waals surface area contributed by atoms with Gasteiger partial charge in [-0.2, -0.15) is 0 Å². The van der Waals surface area contributed by atoms with E-state index in [9.17, 15) is 0 Å². The van der Waals surface area contributed by atoms with Gasteiger partial charge in [-0.3, -0.25) is 0 Å². The Balaban J connectivity index is 2.78. The molecule has 90 valence electrons. The molecule has 1 aromatic rings. The van der Waals surface area contributed by atoms with Crippen LogP contribution in [0.25, 0.3) is 0 Å². The topological polar surface area (TPSA) is 85.1 Å². The molecular formula is C10H19N5O. The van der Waals surface area contributed by atoms with Gasteiger partial charge in [0.1, 0.15) is 17.5 Å². The van der Waals surface area contributed by atoms with E-state index in [-0.39, 0.29) is 5.92 Å². The van der Waals surface area contributed by atoms with E-state index in [1.807, 2.05) is 13.8 Å². The van der Waals surface area contributed by atoms with Crippen LogP contribution in [0.2, 0.25) is 0 Å². The van der Waals surface area contributed by atoms with Gasteiger partial charge >= 0.3 is 0 Å². The average molecular weight is 225 g/mol. The smallest absolute Gasteiger partial charge is 0.145 e. The number of hydrogen-bond donors (Lipinski definition) is 3. The number of nitrogens with two attached hydrogens (primary N) is 1. The number of nitrogens with zero attached hydrogens (tertiary/aromatic N) is 2. The molecular weight excluding hydrogens is 206 g/mol. The number of hydrogen-bond acceptors (Lipinski definition) is 6. The van der Waals surface area contributed by atoms with Gasteiger partial charge in [-0.15, -0.1) is 0 Å². The van der Waals surface area contributed by atoms with Crippen LogP contribution in [0.1, 0.15) is 25.6 Å². The van der Waals surface area contributed by atoms with E-state index in [1.54, 1.807) is 13.2 Å². The minimum atomic E-state index is 0.260. The van der Waals surface area contributed by atoms with Crippen molar-refractivity contribution >= 4 is 11.6 Å². The summed E-state index contributed by atoms with van der Waals surface area (Å²) in [5, 5.41) is 3.14. The first-order chi connectivity index (χ1) is 7.67. The van der Waals surface area contributed by atoms with Crippen LogP contribution in [0.4, 0.5) is 11.6 Å². The zero-order valence-corrected chi connectivity index (χ0v) is 9.95. The Labute approximate surface area is 95.6 Å². The molecule has 0 fully saturated rings. The van der Waals surface area contributed by atoms with Crippen molar-refractivity contribution in [3.8, 4) is 0 Å². The predicted molar refractivity (Wildman–Crippen MR) is 64.3 cm³/mol. The lowest BCUT2D eigenvalue weighted by atomic mass is 10.2. The number of ether oxygens (including phenoxy) is 1. The Kier molecular flexibility index (Phi) is 4.94. The fraction of sp³-hybridized carbons (Fsp3) is 0.600. The second-order valence-electron chi connectivity index (χ2n) is 3.72. The molecule has 0 atom stereocenters. The molecule has 1 heterocycles. The van der Waals surface area contributed by atoms with Crippen molar-refractivity contribution < 1.29 is 4.74 Å². The lowest BCUT2D eigenvalue weighted by Gasteiger charge is -2.10. The summed E-state index contributed by atoms with van der Waals surface area (Å²) in [5.74, 6) is 7.73. The summed E-state index contributed by atoms with van der Waals surface area (Å²) in [5.41, 5.74) is 2.53. The quantitative estimate of drug-likeness (QED) is 0.379.